The monoisotopic (exact) mass is 261 g/mol. The van der Waals surface area contributed by atoms with Gasteiger partial charge in [0.1, 0.15) is 0 Å². The standard InChI is InChI=1S/C12H14F3NO2/c1-7(17)3-2-4-16-12(18)8-5-9(13)11(15)10(14)6-8/h5-7,17H,2-4H2,1H3,(H,16,18). The molecular formula is C12H14F3NO2. The fourth-order valence-corrected chi connectivity index (χ4v) is 1.39. The molecule has 3 nitrogen and oxygen atoms in total. The van der Waals surface area contributed by atoms with Crippen LogP contribution in [0.15, 0.2) is 12.1 Å². The fourth-order valence-electron chi connectivity index (χ4n) is 1.39. The highest BCUT2D eigenvalue weighted by atomic mass is 19.2. The summed E-state index contributed by atoms with van der Waals surface area (Å²) in [6.45, 7) is 1.89. The number of aliphatic hydroxyl groups is 1. The predicted molar refractivity (Wildman–Crippen MR) is 59.6 cm³/mol. The maximum atomic E-state index is 12.9. The molecule has 0 aliphatic heterocycles. The third kappa shape index (κ3) is 4.03. The van der Waals surface area contributed by atoms with Crippen LogP contribution in [-0.2, 0) is 0 Å². The molecule has 6 heteroatoms. The van der Waals surface area contributed by atoms with Gasteiger partial charge in [0.15, 0.2) is 17.5 Å². The molecule has 0 aromatic heterocycles. The van der Waals surface area contributed by atoms with Gasteiger partial charge in [-0.1, -0.05) is 0 Å². The Balaban J connectivity index is 2.57. The second kappa shape index (κ2) is 6.39. The normalized spacial score (nSPS) is 12.3. The average molecular weight is 261 g/mol. The van der Waals surface area contributed by atoms with Crippen LogP contribution in [-0.4, -0.2) is 23.7 Å². The molecule has 0 aliphatic rings. The van der Waals surface area contributed by atoms with Crippen molar-refractivity contribution in [3.05, 3.63) is 35.1 Å². The molecule has 0 bridgehead atoms. The van der Waals surface area contributed by atoms with E-state index in [0.717, 1.165) is 0 Å². The second-order valence-corrected chi connectivity index (χ2v) is 4.00. The van der Waals surface area contributed by atoms with Crippen LogP contribution < -0.4 is 5.32 Å². The van der Waals surface area contributed by atoms with Crippen LogP contribution in [0.5, 0.6) is 0 Å². The summed E-state index contributed by atoms with van der Waals surface area (Å²) in [4.78, 5) is 11.5. The van der Waals surface area contributed by atoms with Crippen LogP contribution in [0.3, 0.4) is 0 Å². The summed E-state index contributed by atoms with van der Waals surface area (Å²) in [5, 5.41) is 11.4. The number of hydrogen-bond donors (Lipinski definition) is 2. The van der Waals surface area contributed by atoms with Crippen LogP contribution in [0, 0.1) is 17.5 Å². The Hall–Kier alpha value is -1.56. The summed E-state index contributed by atoms with van der Waals surface area (Å²) in [5.41, 5.74) is -0.275. The fraction of sp³-hybridized carbons (Fsp3) is 0.417. The number of carbonyl (C=O) groups excluding carboxylic acids is 1. The van der Waals surface area contributed by atoms with Crippen molar-refractivity contribution in [2.24, 2.45) is 0 Å². The van der Waals surface area contributed by atoms with E-state index in [1.807, 2.05) is 0 Å². The van der Waals surface area contributed by atoms with E-state index in [4.69, 9.17) is 5.11 Å². The van der Waals surface area contributed by atoms with Gasteiger partial charge in [-0.2, -0.15) is 0 Å². The summed E-state index contributed by atoms with van der Waals surface area (Å²) < 4.78 is 38.4. The lowest BCUT2D eigenvalue weighted by Crippen LogP contribution is -2.25. The largest absolute Gasteiger partial charge is 0.393 e. The maximum Gasteiger partial charge on any atom is 0.251 e. The van der Waals surface area contributed by atoms with Crippen molar-refractivity contribution in [2.45, 2.75) is 25.9 Å². The van der Waals surface area contributed by atoms with Gasteiger partial charge in [0.2, 0.25) is 0 Å². The molecule has 1 amide bonds. The van der Waals surface area contributed by atoms with Crippen LogP contribution in [0.1, 0.15) is 30.1 Å². The number of hydrogen-bond acceptors (Lipinski definition) is 2. The van der Waals surface area contributed by atoms with E-state index in [2.05, 4.69) is 5.32 Å². The van der Waals surface area contributed by atoms with Crippen LogP contribution >= 0.6 is 0 Å². The summed E-state index contributed by atoms with van der Waals surface area (Å²) >= 11 is 0. The smallest absolute Gasteiger partial charge is 0.251 e. The van der Waals surface area contributed by atoms with E-state index in [9.17, 15) is 18.0 Å². The Bertz CT molecular complexity index is 412. The SMILES string of the molecule is CC(O)CCCNC(=O)c1cc(F)c(F)c(F)c1. The van der Waals surface area contributed by atoms with Crippen LogP contribution in [0.2, 0.25) is 0 Å². The van der Waals surface area contributed by atoms with Gasteiger partial charge >= 0.3 is 0 Å². The van der Waals surface area contributed by atoms with E-state index in [1.54, 1.807) is 6.92 Å². The minimum atomic E-state index is -1.60. The summed E-state index contributed by atoms with van der Waals surface area (Å²) in [5.74, 6) is -5.08. The molecule has 2 N–H and O–H groups in total. The molecule has 0 spiro atoms. The minimum absolute atomic E-state index is 0.268. The first kappa shape index (κ1) is 14.5. The first-order valence-corrected chi connectivity index (χ1v) is 5.52. The minimum Gasteiger partial charge on any atom is -0.393 e. The molecule has 0 radical (unpaired) electrons. The Morgan fingerprint density at radius 1 is 1.33 bits per heavy atom. The molecule has 0 fully saturated rings. The van der Waals surface area contributed by atoms with Crippen LogP contribution in [0.4, 0.5) is 13.2 Å². The number of carbonyl (C=O) groups is 1. The van der Waals surface area contributed by atoms with Crippen molar-refractivity contribution in [1.82, 2.24) is 5.32 Å². The topological polar surface area (TPSA) is 49.3 Å². The molecule has 1 unspecified atom stereocenters. The van der Waals surface area contributed by atoms with Crippen molar-refractivity contribution < 1.29 is 23.1 Å². The zero-order valence-corrected chi connectivity index (χ0v) is 9.84. The zero-order valence-electron chi connectivity index (χ0n) is 9.84. The molecule has 100 valence electrons. The van der Waals surface area contributed by atoms with Gasteiger partial charge in [-0.25, -0.2) is 13.2 Å². The van der Waals surface area contributed by atoms with Gasteiger partial charge in [0, 0.05) is 12.1 Å². The number of amides is 1. The van der Waals surface area contributed by atoms with E-state index >= 15 is 0 Å². The van der Waals surface area contributed by atoms with Gasteiger partial charge in [0.25, 0.3) is 5.91 Å². The highest BCUT2D eigenvalue weighted by molar-refractivity contribution is 5.94. The number of benzene rings is 1. The molecule has 1 aromatic carbocycles. The van der Waals surface area contributed by atoms with Gasteiger partial charge in [-0.3, -0.25) is 4.79 Å². The second-order valence-electron chi connectivity index (χ2n) is 4.00. The van der Waals surface area contributed by atoms with Crippen molar-refractivity contribution in [3.8, 4) is 0 Å². The Morgan fingerprint density at radius 3 is 2.39 bits per heavy atom. The predicted octanol–water partition coefficient (Wildman–Crippen LogP) is 1.99. The third-order valence-electron chi connectivity index (χ3n) is 2.33. The summed E-state index contributed by atoms with van der Waals surface area (Å²) in [6, 6.07) is 1.28. The number of rotatable bonds is 5. The van der Waals surface area contributed by atoms with Crippen molar-refractivity contribution in [1.29, 1.82) is 0 Å². The molecule has 0 saturated carbocycles. The van der Waals surface area contributed by atoms with Crippen molar-refractivity contribution in [3.63, 3.8) is 0 Å². The van der Waals surface area contributed by atoms with Gasteiger partial charge in [-0.05, 0) is 31.9 Å². The molecule has 1 aromatic rings. The van der Waals surface area contributed by atoms with E-state index in [1.165, 1.54) is 0 Å². The van der Waals surface area contributed by atoms with Crippen molar-refractivity contribution >= 4 is 5.91 Å². The van der Waals surface area contributed by atoms with Gasteiger partial charge in [-0.15, -0.1) is 0 Å². The average Bonchev–Trinajstić information content (AvgIpc) is 2.30. The molecule has 0 aliphatic carbocycles. The zero-order chi connectivity index (χ0) is 13.7. The maximum absolute atomic E-state index is 12.9. The first-order chi connectivity index (χ1) is 8.41. The van der Waals surface area contributed by atoms with Crippen molar-refractivity contribution in [2.75, 3.05) is 6.54 Å². The molecular weight excluding hydrogens is 247 g/mol. The van der Waals surface area contributed by atoms with E-state index in [-0.39, 0.29) is 12.1 Å². The number of nitrogens with one attached hydrogen (secondary N) is 1. The Morgan fingerprint density at radius 2 is 1.89 bits per heavy atom. The van der Waals surface area contributed by atoms with E-state index in [0.29, 0.717) is 25.0 Å². The summed E-state index contributed by atoms with van der Waals surface area (Å²) in [7, 11) is 0. The number of aliphatic hydroxyl groups excluding tert-OH is 1. The molecule has 1 rings (SSSR count). The summed E-state index contributed by atoms with van der Waals surface area (Å²) in [6.07, 6.45) is 0.574. The lowest BCUT2D eigenvalue weighted by Gasteiger charge is -2.07. The molecule has 18 heavy (non-hydrogen) atoms. The highest BCUT2D eigenvalue weighted by Crippen LogP contribution is 2.13. The Kier molecular flexibility index (Phi) is 5.15. The molecule has 1 atom stereocenters. The van der Waals surface area contributed by atoms with E-state index < -0.39 is 29.5 Å². The Labute approximate surface area is 103 Å². The lowest BCUT2D eigenvalue weighted by atomic mass is 10.2. The molecule has 0 saturated heterocycles. The quantitative estimate of drug-likeness (QED) is 0.629. The van der Waals surface area contributed by atoms with Gasteiger partial charge in [0.05, 0.1) is 6.10 Å². The highest BCUT2D eigenvalue weighted by Gasteiger charge is 2.14. The molecule has 0 heterocycles. The first-order valence-electron chi connectivity index (χ1n) is 5.52. The number of halogens is 3. The van der Waals surface area contributed by atoms with Crippen LogP contribution in [0.25, 0.3) is 0 Å². The van der Waals surface area contributed by atoms with Gasteiger partial charge < -0.3 is 10.4 Å². The lowest BCUT2D eigenvalue weighted by molar-refractivity contribution is 0.0948. The third-order valence-corrected chi connectivity index (χ3v) is 2.33.